The fourth-order valence-electron chi connectivity index (χ4n) is 1.99. The zero-order valence-electron chi connectivity index (χ0n) is 12.0. The minimum absolute atomic E-state index is 0.0155. The molecule has 0 aromatic heterocycles. The molecule has 24 heavy (non-hydrogen) atoms. The first-order valence-electron chi connectivity index (χ1n) is 6.51. The van der Waals surface area contributed by atoms with E-state index in [0.29, 0.717) is 7.14 Å². The van der Waals surface area contributed by atoms with Crippen LogP contribution in [-0.4, -0.2) is 5.97 Å². The lowest BCUT2D eigenvalue weighted by atomic mass is 9.99. The molecule has 2 aromatic carbocycles. The number of hydrogen-bond donors (Lipinski definition) is 0. The van der Waals surface area contributed by atoms with E-state index in [9.17, 15) is 20.6 Å². The molecule has 7 heteroatoms. The van der Waals surface area contributed by atoms with Gasteiger partial charge in [0.15, 0.2) is 0 Å². The highest BCUT2D eigenvalue weighted by Gasteiger charge is 2.26. The summed E-state index contributed by atoms with van der Waals surface area (Å²) in [5.74, 6) is -0.732. The summed E-state index contributed by atoms with van der Waals surface area (Å²) in [4.78, 5) is 12.5. The quantitative estimate of drug-likeness (QED) is 0.436. The van der Waals surface area contributed by atoms with Crippen LogP contribution in [-0.2, 0) is 11.3 Å². The van der Waals surface area contributed by atoms with Crippen molar-refractivity contribution in [2.24, 2.45) is 0 Å². The summed E-state index contributed by atoms with van der Waals surface area (Å²) in [5.41, 5.74) is 0.900. The summed E-state index contributed by atoms with van der Waals surface area (Å²) in [7, 11) is 0. The van der Waals surface area contributed by atoms with E-state index in [1.165, 1.54) is 0 Å². The molecule has 0 unspecified atom stereocenters. The third-order valence-electron chi connectivity index (χ3n) is 3.13. The zero-order valence-corrected chi connectivity index (χ0v) is 16.3. The fraction of sp³-hybridized carbons (Fsp3) is 0.0588. The van der Waals surface area contributed by atoms with Crippen LogP contribution in [0.15, 0.2) is 30.3 Å². The third-order valence-corrected chi connectivity index (χ3v) is 5.29. The zero-order chi connectivity index (χ0) is 17.7. The predicted molar refractivity (Wildman–Crippen MR) is 102 cm³/mol. The van der Waals surface area contributed by atoms with Gasteiger partial charge in [0, 0.05) is 3.57 Å². The van der Waals surface area contributed by atoms with E-state index in [0.717, 1.165) is 5.56 Å². The van der Waals surface area contributed by atoms with Crippen LogP contribution in [0, 0.1) is 41.1 Å². The van der Waals surface area contributed by atoms with Gasteiger partial charge in [-0.1, -0.05) is 30.3 Å². The minimum atomic E-state index is -0.732. The van der Waals surface area contributed by atoms with Crippen LogP contribution in [0.4, 0.5) is 0 Å². The number of carbonyl (C=O) groups is 1. The number of rotatable bonds is 3. The van der Waals surface area contributed by atoms with Crippen LogP contribution in [0.1, 0.15) is 32.6 Å². The molecule has 5 nitrogen and oxygen atoms in total. The predicted octanol–water partition coefficient (Wildman–Crippen LogP) is 3.87. The molecular formula is C17H7I2N3O2. The standard InChI is InChI=1S/C17H7I2N3O2/c18-15-12(7-21)11(6-20)14(16(19)13(15)8-22)17(23)24-9-10-4-2-1-3-5-10/h1-5H,9H2. The van der Waals surface area contributed by atoms with Gasteiger partial charge in [-0.2, -0.15) is 15.8 Å². The smallest absolute Gasteiger partial charge is 0.341 e. The Balaban J connectivity index is 2.50. The van der Waals surface area contributed by atoms with Gasteiger partial charge < -0.3 is 4.74 Å². The molecule has 2 aromatic rings. The van der Waals surface area contributed by atoms with Crippen molar-refractivity contribution in [3.8, 4) is 18.2 Å². The van der Waals surface area contributed by atoms with Gasteiger partial charge in [0.2, 0.25) is 0 Å². The van der Waals surface area contributed by atoms with Gasteiger partial charge in [-0.3, -0.25) is 0 Å². The minimum Gasteiger partial charge on any atom is -0.457 e. The highest BCUT2D eigenvalue weighted by atomic mass is 127. The number of halogens is 2. The van der Waals surface area contributed by atoms with Gasteiger partial charge in [0.25, 0.3) is 0 Å². The second-order valence-corrected chi connectivity index (χ2v) is 6.68. The number of esters is 1. The Kier molecular flexibility index (Phi) is 6.13. The Morgan fingerprint density at radius 2 is 1.50 bits per heavy atom. The van der Waals surface area contributed by atoms with Crippen molar-refractivity contribution in [3.63, 3.8) is 0 Å². The van der Waals surface area contributed by atoms with E-state index < -0.39 is 5.97 Å². The van der Waals surface area contributed by atoms with Crippen molar-refractivity contribution in [1.29, 1.82) is 15.8 Å². The van der Waals surface area contributed by atoms with Gasteiger partial charge >= 0.3 is 5.97 Å². The summed E-state index contributed by atoms with van der Waals surface area (Å²) < 4.78 is 5.93. The third kappa shape index (κ3) is 3.50. The Morgan fingerprint density at radius 1 is 0.917 bits per heavy atom. The highest BCUT2D eigenvalue weighted by molar-refractivity contribution is 14.1. The Hall–Kier alpha value is -2.16. The second kappa shape index (κ2) is 8.09. The molecule has 0 radical (unpaired) electrons. The Labute approximate surface area is 165 Å². The second-order valence-electron chi connectivity index (χ2n) is 4.53. The van der Waals surface area contributed by atoms with Crippen molar-refractivity contribution in [2.75, 3.05) is 0 Å². The van der Waals surface area contributed by atoms with Gasteiger partial charge in [0.05, 0.1) is 25.8 Å². The van der Waals surface area contributed by atoms with Crippen LogP contribution in [0.5, 0.6) is 0 Å². The summed E-state index contributed by atoms with van der Waals surface area (Å²) in [6.07, 6.45) is 0. The molecule has 0 fully saturated rings. The number of hydrogen-bond acceptors (Lipinski definition) is 5. The number of benzene rings is 2. The van der Waals surface area contributed by atoms with E-state index in [1.54, 1.807) is 12.1 Å². The van der Waals surface area contributed by atoms with Crippen LogP contribution < -0.4 is 0 Å². The molecule has 0 spiro atoms. The Morgan fingerprint density at radius 3 is 2.04 bits per heavy atom. The van der Waals surface area contributed by atoms with Crippen LogP contribution >= 0.6 is 45.2 Å². The molecule has 0 atom stereocenters. The van der Waals surface area contributed by atoms with E-state index in [2.05, 4.69) is 0 Å². The lowest BCUT2D eigenvalue weighted by molar-refractivity contribution is 0.0471. The molecule has 116 valence electrons. The number of nitrogens with zero attached hydrogens (tertiary/aromatic N) is 3. The summed E-state index contributed by atoms with van der Waals surface area (Å²) in [6.45, 7) is 0.0381. The van der Waals surface area contributed by atoms with E-state index in [4.69, 9.17) is 4.74 Å². The van der Waals surface area contributed by atoms with Crippen LogP contribution in [0.25, 0.3) is 0 Å². The molecule has 0 aliphatic heterocycles. The molecule has 0 aliphatic carbocycles. The SMILES string of the molecule is N#Cc1c(I)c(C#N)c(C#N)c(C(=O)OCc2ccccc2)c1I. The maximum absolute atomic E-state index is 12.5. The molecule has 2 rings (SSSR count). The maximum atomic E-state index is 12.5. The topological polar surface area (TPSA) is 97.7 Å². The summed E-state index contributed by atoms with van der Waals surface area (Å²) in [6, 6.07) is 14.8. The van der Waals surface area contributed by atoms with Crippen molar-refractivity contribution in [1.82, 2.24) is 0 Å². The molecule has 0 amide bonds. The van der Waals surface area contributed by atoms with Gasteiger partial charge in [-0.25, -0.2) is 4.79 Å². The molecule has 0 N–H and O–H groups in total. The average molecular weight is 539 g/mol. The lowest BCUT2D eigenvalue weighted by Gasteiger charge is -2.12. The van der Waals surface area contributed by atoms with E-state index in [-0.39, 0.29) is 28.9 Å². The first-order valence-corrected chi connectivity index (χ1v) is 8.67. The Bertz CT molecular complexity index is 936. The normalized spacial score (nSPS) is 9.46. The van der Waals surface area contributed by atoms with Gasteiger partial charge in [-0.15, -0.1) is 0 Å². The van der Waals surface area contributed by atoms with Crippen molar-refractivity contribution in [3.05, 3.63) is 65.3 Å². The first kappa shape index (κ1) is 18.2. The van der Waals surface area contributed by atoms with Crippen LogP contribution in [0.3, 0.4) is 0 Å². The average Bonchev–Trinajstić information content (AvgIpc) is 2.60. The van der Waals surface area contributed by atoms with E-state index in [1.807, 2.05) is 81.6 Å². The molecule has 0 saturated heterocycles. The fourth-order valence-corrected chi connectivity index (χ4v) is 4.17. The highest BCUT2D eigenvalue weighted by Crippen LogP contribution is 2.30. The van der Waals surface area contributed by atoms with Gasteiger partial charge in [-0.05, 0) is 50.7 Å². The molecule has 0 saturated carbocycles. The maximum Gasteiger partial charge on any atom is 0.341 e. The van der Waals surface area contributed by atoms with Crippen LogP contribution in [0.2, 0.25) is 0 Å². The molecule has 0 heterocycles. The number of ether oxygens (including phenoxy) is 1. The molecular weight excluding hydrogens is 532 g/mol. The van der Waals surface area contributed by atoms with Crippen molar-refractivity contribution < 1.29 is 9.53 Å². The van der Waals surface area contributed by atoms with E-state index >= 15 is 0 Å². The molecule has 0 aliphatic rings. The molecule has 0 bridgehead atoms. The van der Waals surface area contributed by atoms with Gasteiger partial charge in [0.1, 0.15) is 24.8 Å². The monoisotopic (exact) mass is 539 g/mol. The number of nitriles is 3. The lowest BCUT2D eigenvalue weighted by Crippen LogP contribution is -2.13. The summed E-state index contributed by atoms with van der Waals surface area (Å²) in [5, 5.41) is 28.0. The number of carbonyl (C=O) groups excluding carboxylic acids is 1. The summed E-state index contributed by atoms with van der Waals surface area (Å²) >= 11 is 3.66. The van der Waals surface area contributed by atoms with Crippen molar-refractivity contribution >= 4 is 51.2 Å². The van der Waals surface area contributed by atoms with Crippen molar-refractivity contribution in [2.45, 2.75) is 6.61 Å². The largest absolute Gasteiger partial charge is 0.457 e. The first-order chi connectivity index (χ1) is 11.5.